The van der Waals surface area contributed by atoms with Crippen molar-refractivity contribution in [2.75, 3.05) is 37.8 Å². The van der Waals surface area contributed by atoms with E-state index in [0.717, 1.165) is 12.1 Å². The summed E-state index contributed by atoms with van der Waals surface area (Å²) in [5.41, 5.74) is -0.686. The maximum absolute atomic E-state index is 12.8. The number of rotatable bonds is 4. The van der Waals surface area contributed by atoms with Crippen molar-refractivity contribution in [3.8, 4) is 0 Å². The minimum atomic E-state index is -4.49. The molecule has 2 aliphatic rings. The van der Waals surface area contributed by atoms with Crippen molar-refractivity contribution in [2.45, 2.75) is 18.7 Å². The molecule has 6 nitrogen and oxygen atoms in total. The van der Waals surface area contributed by atoms with Crippen LogP contribution in [0.15, 0.2) is 24.3 Å². The number of amides is 2. The third-order valence-electron chi connectivity index (χ3n) is 4.37. The summed E-state index contributed by atoms with van der Waals surface area (Å²) in [6, 6.07) is 4.55. The second kappa shape index (κ2) is 7.63. The highest BCUT2D eigenvalue weighted by atomic mass is 19.4. The summed E-state index contributed by atoms with van der Waals surface area (Å²) in [5.74, 6) is -1.30. The molecule has 0 aliphatic carbocycles. The quantitative estimate of drug-likeness (QED) is 0.872. The first-order valence-corrected chi connectivity index (χ1v) is 8.29. The molecule has 142 valence electrons. The smallest absolute Gasteiger partial charge is 0.376 e. The maximum Gasteiger partial charge on any atom is 0.416 e. The Morgan fingerprint density at radius 2 is 2.12 bits per heavy atom. The molecule has 2 heterocycles. The number of hydrogen-bond donors (Lipinski definition) is 1. The predicted octanol–water partition coefficient (Wildman–Crippen LogP) is 1.59. The van der Waals surface area contributed by atoms with Crippen molar-refractivity contribution in [3.63, 3.8) is 0 Å². The third kappa shape index (κ3) is 4.34. The number of nitrogens with one attached hydrogen (secondary N) is 1. The molecule has 0 spiro atoms. The van der Waals surface area contributed by atoms with Gasteiger partial charge in [0, 0.05) is 25.2 Å². The molecule has 0 unspecified atom stereocenters. The Hall–Kier alpha value is -2.13. The summed E-state index contributed by atoms with van der Waals surface area (Å²) in [4.78, 5) is 25.7. The molecule has 1 aromatic carbocycles. The van der Waals surface area contributed by atoms with Crippen LogP contribution in [-0.4, -0.2) is 50.8 Å². The molecule has 0 aromatic heterocycles. The molecule has 2 fully saturated rings. The number of ether oxygens (including phenoxy) is 2. The van der Waals surface area contributed by atoms with Crippen LogP contribution in [0.4, 0.5) is 18.9 Å². The highest BCUT2D eigenvalue weighted by Gasteiger charge is 2.37. The first-order chi connectivity index (χ1) is 12.3. The fourth-order valence-electron chi connectivity index (χ4n) is 3.00. The van der Waals surface area contributed by atoms with Crippen molar-refractivity contribution in [1.29, 1.82) is 0 Å². The summed E-state index contributed by atoms with van der Waals surface area (Å²) in [6.45, 7) is 1.70. The van der Waals surface area contributed by atoms with Crippen molar-refractivity contribution in [2.24, 2.45) is 5.92 Å². The Bertz CT molecular complexity index is 674. The predicted molar refractivity (Wildman–Crippen MR) is 85.5 cm³/mol. The maximum atomic E-state index is 12.8. The zero-order valence-corrected chi connectivity index (χ0v) is 13.9. The third-order valence-corrected chi connectivity index (χ3v) is 4.37. The molecule has 2 saturated heterocycles. The van der Waals surface area contributed by atoms with E-state index in [0.29, 0.717) is 19.8 Å². The highest BCUT2D eigenvalue weighted by Crippen LogP contribution is 2.33. The van der Waals surface area contributed by atoms with Gasteiger partial charge in [0.2, 0.25) is 11.8 Å². The van der Waals surface area contributed by atoms with Crippen molar-refractivity contribution in [3.05, 3.63) is 29.8 Å². The Morgan fingerprint density at radius 3 is 2.81 bits per heavy atom. The van der Waals surface area contributed by atoms with Gasteiger partial charge in [-0.3, -0.25) is 9.59 Å². The van der Waals surface area contributed by atoms with Gasteiger partial charge in [-0.2, -0.15) is 13.2 Å². The van der Waals surface area contributed by atoms with Crippen LogP contribution in [0, 0.1) is 5.92 Å². The van der Waals surface area contributed by atoms with Crippen LogP contribution in [0.25, 0.3) is 0 Å². The zero-order valence-electron chi connectivity index (χ0n) is 13.9. The molecular formula is C17H19F3N2O4. The van der Waals surface area contributed by atoms with Crippen LogP contribution in [0.2, 0.25) is 0 Å². The summed E-state index contributed by atoms with van der Waals surface area (Å²) in [6.07, 6.45) is -4.76. The van der Waals surface area contributed by atoms with E-state index in [1.165, 1.54) is 17.0 Å². The van der Waals surface area contributed by atoms with Gasteiger partial charge in [0.05, 0.1) is 37.4 Å². The van der Waals surface area contributed by atoms with Crippen molar-refractivity contribution >= 4 is 17.5 Å². The molecule has 2 amide bonds. The molecule has 0 bridgehead atoms. The number of benzene rings is 1. The average molecular weight is 372 g/mol. The van der Waals surface area contributed by atoms with Crippen LogP contribution >= 0.6 is 0 Å². The van der Waals surface area contributed by atoms with E-state index in [4.69, 9.17) is 9.47 Å². The normalized spacial score (nSPS) is 24.0. The molecule has 0 radical (unpaired) electrons. The molecule has 9 heteroatoms. The van der Waals surface area contributed by atoms with Gasteiger partial charge in [-0.1, -0.05) is 6.07 Å². The summed E-state index contributed by atoms with van der Waals surface area (Å²) in [7, 11) is 0. The summed E-state index contributed by atoms with van der Waals surface area (Å²) < 4.78 is 49.2. The van der Waals surface area contributed by atoms with Gasteiger partial charge in [0.1, 0.15) is 0 Å². The molecule has 1 aromatic rings. The number of halogens is 3. The van der Waals surface area contributed by atoms with Crippen LogP contribution in [-0.2, 0) is 25.2 Å². The molecule has 26 heavy (non-hydrogen) atoms. The number of anilines is 1. The van der Waals surface area contributed by atoms with Crippen LogP contribution in [0.3, 0.4) is 0 Å². The van der Waals surface area contributed by atoms with E-state index in [1.807, 2.05) is 0 Å². The summed E-state index contributed by atoms with van der Waals surface area (Å²) in [5, 5.41) is 2.72. The lowest BCUT2D eigenvalue weighted by atomic mass is 10.1. The fraction of sp³-hybridized carbons (Fsp3) is 0.529. The van der Waals surface area contributed by atoms with Gasteiger partial charge in [0.25, 0.3) is 0 Å². The monoisotopic (exact) mass is 372 g/mol. The van der Waals surface area contributed by atoms with Gasteiger partial charge in [-0.25, -0.2) is 0 Å². The average Bonchev–Trinajstić information content (AvgIpc) is 3.02. The standard InChI is InChI=1S/C17H19F3N2O4/c18-17(19,20)12-2-1-3-13(7-12)22-9-11(6-15(22)23)16(24)21-8-14-10-25-4-5-26-14/h1-3,7,11,14H,4-6,8-10H2,(H,21,24)/t11-,14+/m0/s1. The van der Waals surface area contributed by atoms with Crippen LogP contribution in [0.1, 0.15) is 12.0 Å². The Labute approximate surface area is 148 Å². The lowest BCUT2D eigenvalue weighted by Crippen LogP contribution is -2.42. The zero-order chi connectivity index (χ0) is 18.7. The Morgan fingerprint density at radius 1 is 1.31 bits per heavy atom. The summed E-state index contributed by atoms with van der Waals surface area (Å²) >= 11 is 0. The number of carbonyl (C=O) groups excluding carboxylic acids is 2. The van der Waals surface area contributed by atoms with Crippen molar-refractivity contribution < 1.29 is 32.2 Å². The minimum absolute atomic E-state index is 0.0376. The first kappa shape index (κ1) is 18.7. The van der Waals surface area contributed by atoms with E-state index < -0.39 is 17.7 Å². The molecule has 2 aliphatic heterocycles. The molecule has 1 N–H and O–H groups in total. The van der Waals surface area contributed by atoms with Crippen LogP contribution < -0.4 is 10.2 Å². The van der Waals surface area contributed by atoms with Gasteiger partial charge in [-0.15, -0.1) is 0 Å². The lowest BCUT2D eigenvalue weighted by Gasteiger charge is -2.23. The van der Waals surface area contributed by atoms with Gasteiger partial charge >= 0.3 is 6.18 Å². The molecule has 2 atom stereocenters. The largest absolute Gasteiger partial charge is 0.416 e. The number of alkyl halides is 3. The topological polar surface area (TPSA) is 67.9 Å². The van der Waals surface area contributed by atoms with Crippen LogP contribution in [0.5, 0.6) is 0 Å². The molecule has 0 saturated carbocycles. The lowest BCUT2D eigenvalue weighted by molar-refractivity contribution is -0.137. The Kier molecular flexibility index (Phi) is 5.47. The second-order valence-corrected chi connectivity index (χ2v) is 6.27. The Balaban J connectivity index is 1.60. The number of carbonyl (C=O) groups is 2. The van der Waals surface area contributed by atoms with Gasteiger partial charge in [-0.05, 0) is 18.2 Å². The van der Waals surface area contributed by atoms with Gasteiger partial charge in [0.15, 0.2) is 0 Å². The second-order valence-electron chi connectivity index (χ2n) is 6.27. The molecule has 3 rings (SSSR count). The van der Waals surface area contributed by atoms with E-state index >= 15 is 0 Å². The van der Waals surface area contributed by atoms with E-state index in [9.17, 15) is 22.8 Å². The minimum Gasteiger partial charge on any atom is -0.376 e. The van der Waals surface area contributed by atoms with E-state index in [2.05, 4.69) is 5.32 Å². The fourth-order valence-corrected chi connectivity index (χ4v) is 3.00. The highest BCUT2D eigenvalue weighted by molar-refractivity contribution is 6.00. The number of nitrogens with zero attached hydrogens (tertiary/aromatic N) is 1. The first-order valence-electron chi connectivity index (χ1n) is 8.29. The van der Waals surface area contributed by atoms with Crippen molar-refractivity contribution in [1.82, 2.24) is 5.32 Å². The van der Waals surface area contributed by atoms with E-state index in [-0.39, 0.29) is 43.1 Å². The van der Waals surface area contributed by atoms with E-state index in [1.54, 1.807) is 0 Å². The SMILES string of the molecule is O=C(NC[C@@H]1COCCO1)[C@H]1CC(=O)N(c2cccc(C(F)(F)F)c2)C1. The van der Waals surface area contributed by atoms with Gasteiger partial charge < -0.3 is 19.7 Å². The molecular weight excluding hydrogens is 353 g/mol. The number of hydrogen-bond acceptors (Lipinski definition) is 4.